The Morgan fingerprint density at radius 1 is 1.11 bits per heavy atom. The van der Waals surface area contributed by atoms with E-state index in [-0.39, 0.29) is 12.4 Å². The predicted octanol–water partition coefficient (Wildman–Crippen LogP) is 3.87. The van der Waals surface area contributed by atoms with Gasteiger partial charge in [0, 0.05) is 17.1 Å². The second-order valence-electron chi connectivity index (χ2n) is 3.54. The minimum Gasteiger partial charge on any atom is -0.363 e. The molecule has 1 aromatic carbocycles. The summed E-state index contributed by atoms with van der Waals surface area (Å²) in [7, 11) is 0. The number of rotatable bonds is 3. The Hall–Kier alpha value is -1.56. The first-order valence-corrected chi connectivity index (χ1v) is 5.86. The number of nitrogens with zero attached hydrogens (tertiary/aromatic N) is 1. The zero-order chi connectivity index (χ0) is 13.1. The highest BCUT2D eigenvalue weighted by molar-refractivity contribution is 9.10. The molecule has 1 N–H and O–H groups in total. The second kappa shape index (κ2) is 5.39. The van der Waals surface area contributed by atoms with Crippen LogP contribution in [0.5, 0.6) is 0 Å². The lowest BCUT2D eigenvalue weighted by Gasteiger charge is -2.08. The predicted molar refractivity (Wildman–Crippen MR) is 65.6 cm³/mol. The van der Waals surface area contributed by atoms with Crippen molar-refractivity contribution >= 4 is 21.7 Å². The third-order valence-electron chi connectivity index (χ3n) is 2.29. The van der Waals surface area contributed by atoms with Crippen molar-refractivity contribution in [2.24, 2.45) is 0 Å². The molecule has 2 aromatic rings. The molecule has 6 heteroatoms. The minimum absolute atomic E-state index is 0.246. The Morgan fingerprint density at radius 2 is 1.83 bits per heavy atom. The lowest BCUT2D eigenvalue weighted by atomic mass is 10.2. The summed E-state index contributed by atoms with van der Waals surface area (Å²) in [5.74, 6) is -3.88. The van der Waals surface area contributed by atoms with Gasteiger partial charge in [0.15, 0.2) is 17.5 Å². The number of nitrogens with one attached hydrogen (secondary N) is 1. The maximum atomic E-state index is 13.3. The van der Waals surface area contributed by atoms with Crippen molar-refractivity contribution < 1.29 is 13.2 Å². The van der Waals surface area contributed by atoms with E-state index in [0.717, 1.165) is 10.0 Å². The van der Waals surface area contributed by atoms with E-state index in [1.807, 2.05) is 24.3 Å². The lowest BCUT2D eigenvalue weighted by Crippen LogP contribution is -2.06. The van der Waals surface area contributed by atoms with Crippen molar-refractivity contribution in [2.45, 2.75) is 6.54 Å². The topological polar surface area (TPSA) is 24.9 Å². The Kier molecular flexibility index (Phi) is 3.86. The average Bonchev–Trinajstić information content (AvgIpc) is 2.34. The van der Waals surface area contributed by atoms with Crippen molar-refractivity contribution in [3.8, 4) is 0 Å². The van der Waals surface area contributed by atoms with Crippen LogP contribution >= 0.6 is 15.9 Å². The van der Waals surface area contributed by atoms with Crippen molar-refractivity contribution in [1.82, 2.24) is 4.98 Å². The summed E-state index contributed by atoms with van der Waals surface area (Å²) in [5.41, 5.74) is 0.850. The van der Waals surface area contributed by atoms with Crippen LogP contribution in [0.25, 0.3) is 0 Å². The number of anilines is 1. The average molecular weight is 317 g/mol. The van der Waals surface area contributed by atoms with Gasteiger partial charge in [-0.25, -0.2) is 8.78 Å². The van der Waals surface area contributed by atoms with Gasteiger partial charge >= 0.3 is 0 Å². The van der Waals surface area contributed by atoms with Crippen LogP contribution in [0.15, 0.2) is 34.8 Å². The monoisotopic (exact) mass is 316 g/mol. The molecule has 0 aliphatic carbocycles. The summed E-state index contributed by atoms with van der Waals surface area (Å²) in [6.45, 7) is 0.246. The largest absolute Gasteiger partial charge is 0.363 e. The van der Waals surface area contributed by atoms with Crippen molar-refractivity contribution in [3.05, 3.63) is 58.0 Å². The van der Waals surface area contributed by atoms with Gasteiger partial charge in [-0.3, -0.25) is 0 Å². The summed E-state index contributed by atoms with van der Waals surface area (Å²) in [5, 5.41) is 2.62. The zero-order valence-corrected chi connectivity index (χ0v) is 10.6. The molecule has 18 heavy (non-hydrogen) atoms. The highest BCUT2D eigenvalue weighted by Gasteiger charge is 2.11. The maximum absolute atomic E-state index is 13.3. The minimum atomic E-state index is -1.33. The number of benzene rings is 1. The summed E-state index contributed by atoms with van der Waals surface area (Å²) in [6.07, 6.45) is 0. The molecule has 0 saturated carbocycles. The highest BCUT2D eigenvalue weighted by atomic mass is 79.9. The van der Waals surface area contributed by atoms with Crippen LogP contribution in [0.3, 0.4) is 0 Å². The van der Waals surface area contributed by atoms with Gasteiger partial charge in [0.25, 0.3) is 5.95 Å². The van der Waals surface area contributed by atoms with E-state index in [0.29, 0.717) is 6.07 Å². The molecule has 0 atom stereocenters. The molecule has 2 nitrogen and oxygen atoms in total. The third-order valence-corrected chi connectivity index (χ3v) is 3.06. The fraction of sp³-hybridized carbons (Fsp3) is 0.0833. The fourth-order valence-electron chi connectivity index (χ4n) is 1.39. The molecular formula is C12H8BrF3N2. The SMILES string of the molecule is Fc1cc(F)c(NCc2ccccc2Br)nc1F. The first-order valence-electron chi connectivity index (χ1n) is 5.06. The summed E-state index contributed by atoms with van der Waals surface area (Å²) in [4.78, 5) is 3.17. The van der Waals surface area contributed by atoms with Gasteiger partial charge in [0.2, 0.25) is 0 Å². The van der Waals surface area contributed by atoms with Crippen LogP contribution in [0.1, 0.15) is 5.56 Å². The normalized spacial score (nSPS) is 10.4. The highest BCUT2D eigenvalue weighted by Crippen LogP contribution is 2.19. The molecule has 0 spiro atoms. The molecule has 0 bridgehead atoms. The van der Waals surface area contributed by atoms with E-state index >= 15 is 0 Å². The van der Waals surface area contributed by atoms with Crippen molar-refractivity contribution in [2.75, 3.05) is 5.32 Å². The third kappa shape index (κ3) is 2.81. The molecule has 94 valence electrons. The Bertz CT molecular complexity index is 575. The smallest absolute Gasteiger partial charge is 0.251 e. The summed E-state index contributed by atoms with van der Waals surface area (Å²) >= 11 is 3.33. The maximum Gasteiger partial charge on any atom is 0.251 e. The fourth-order valence-corrected chi connectivity index (χ4v) is 1.81. The van der Waals surface area contributed by atoms with Gasteiger partial charge in [-0.05, 0) is 11.6 Å². The first-order chi connectivity index (χ1) is 8.58. The number of pyridine rings is 1. The van der Waals surface area contributed by atoms with E-state index in [1.165, 1.54) is 0 Å². The number of aromatic nitrogens is 1. The molecule has 1 heterocycles. The van der Waals surface area contributed by atoms with Gasteiger partial charge in [0.1, 0.15) is 0 Å². The van der Waals surface area contributed by atoms with E-state index < -0.39 is 17.6 Å². The van der Waals surface area contributed by atoms with Crippen LogP contribution < -0.4 is 5.32 Å². The van der Waals surface area contributed by atoms with Crippen molar-refractivity contribution in [3.63, 3.8) is 0 Å². The van der Waals surface area contributed by atoms with Crippen LogP contribution in [0.4, 0.5) is 19.0 Å². The van der Waals surface area contributed by atoms with E-state index in [4.69, 9.17) is 0 Å². The van der Waals surface area contributed by atoms with E-state index in [2.05, 4.69) is 26.2 Å². The van der Waals surface area contributed by atoms with Gasteiger partial charge in [-0.2, -0.15) is 9.37 Å². The summed E-state index contributed by atoms with van der Waals surface area (Å²) < 4.78 is 39.7. The van der Waals surface area contributed by atoms with Crippen LogP contribution in [-0.2, 0) is 6.54 Å². The molecular weight excluding hydrogens is 309 g/mol. The first kappa shape index (κ1) is 12.9. The van der Waals surface area contributed by atoms with Crippen molar-refractivity contribution in [1.29, 1.82) is 0 Å². The van der Waals surface area contributed by atoms with Crippen LogP contribution in [-0.4, -0.2) is 4.98 Å². The Labute approximate surface area is 110 Å². The molecule has 0 amide bonds. The zero-order valence-electron chi connectivity index (χ0n) is 9.05. The molecule has 0 radical (unpaired) electrons. The molecule has 0 fully saturated rings. The number of hydrogen-bond donors (Lipinski definition) is 1. The van der Waals surface area contributed by atoms with E-state index in [1.54, 1.807) is 0 Å². The van der Waals surface area contributed by atoms with Crippen LogP contribution in [0.2, 0.25) is 0 Å². The van der Waals surface area contributed by atoms with E-state index in [9.17, 15) is 13.2 Å². The molecule has 0 aliphatic heterocycles. The quantitative estimate of drug-likeness (QED) is 0.869. The molecule has 0 saturated heterocycles. The van der Waals surface area contributed by atoms with Gasteiger partial charge in [-0.1, -0.05) is 34.1 Å². The second-order valence-corrected chi connectivity index (χ2v) is 4.39. The number of halogens is 4. The molecule has 0 unspecified atom stereocenters. The standard InChI is InChI=1S/C12H8BrF3N2/c13-8-4-2-1-3-7(8)6-17-12-10(15)5-9(14)11(16)18-12/h1-5H,6H2,(H,17,18). The lowest BCUT2D eigenvalue weighted by molar-refractivity contribution is 0.466. The van der Waals surface area contributed by atoms with Gasteiger partial charge < -0.3 is 5.32 Å². The Balaban J connectivity index is 2.16. The number of hydrogen-bond acceptors (Lipinski definition) is 2. The molecule has 0 aliphatic rings. The molecule has 1 aromatic heterocycles. The summed E-state index contributed by atoms with van der Waals surface area (Å²) in [6, 6.07) is 7.76. The molecule has 2 rings (SSSR count). The van der Waals surface area contributed by atoms with Gasteiger partial charge in [0.05, 0.1) is 0 Å². The van der Waals surface area contributed by atoms with Gasteiger partial charge in [-0.15, -0.1) is 0 Å². The van der Waals surface area contributed by atoms with Crippen LogP contribution in [0, 0.1) is 17.6 Å². The Morgan fingerprint density at radius 3 is 2.56 bits per heavy atom.